The summed E-state index contributed by atoms with van der Waals surface area (Å²) in [4.78, 5) is 30.0. The maximum Gasteiger partial charge on any atom is 0.345 e. The lowest BCUT2D eigenvalue weighted by Gasteiger charge is -2.08. The summed E-state index contributed by atoms with van der Waals surface area (Å²) in [6.45, 7) is 0. The molecule has 1 N–H and O–H groups in total. The second kappa shape index (κ2) is 10.00. The van der Waals surface area contributed by atoms with Crippen LogP contribution in [0.1, 0.15) is 0 Å². The van der Waals surface area contributed by atoms with E-state index in [1.54, 1.807) is 54.7 Å². The number of fused-ring (bicyclic) bond motifs is 1. The van der Waals surface area contributed by atoms with E-state index in [9.17, 15) is 9.59 Å². The maximum absolute atomic E-state index is 12.7. The molecule has 0 saturated carbocycles. The molecule has 3 aromatic carbocycles. The Morgan fingerprint density at radius 3 is 2.57 bits per heavy atom. The zero-order chi connectivity index (χ0) is 24.4. The van der Waals surface area contributed by atoms with E-state index in [-0.39, 0.29) is 11.7 Å². The lowest BCUT2D eigenvalue weighted by molar-refractivity contribution is -0.113. The number of hydrogen-bond acceptors (Lipinski definition) is 5. The highest BCUT2D eigenvalue weighted by Crippen LogP contribution is 2.28. The van der Waals surface area contributed by atoms with Crippen LogP contribution in [-0.2, 0) is 4.79 Å². The van der Waals surface area contributed by atoms with Crippen molar-refractivity contribution in [3.63, 3.8) is 0 Å². The molecule has 0 spiro atoms. The number of rotatable bonds is 6. The van der Waals surface area contributed by atoms with Crippen LogP contribution in [0.15, 0.2) is 99.4 Å². The number of amides is 1. The maximum atomic E-state index is 12.7. The first-order valence-corrected chi connectivity index (χ1v) is 12.3. The third-order valence-corrected chi connectivity index (χ3v) is 6.58. The van der Waals surface area contributed by atoms with Crippen molar-refractivity contribution in [1.82, 2.24) is 9.55 Å². The average molecular weight is 522 g/mol. The van der Waals surface area contributed by atoms with Gasteiger partial charge in [0.1, 0.15) is 5.58 Å². The van der Waals surface area contributed by atoms with Gasteiger partial charge in [-0.3, -0.25) is 9.36 Å². The number of carbonyl (C=O) groups excluding carboxylic acids is 1. The lowest BCUT2D eigenvalue weighted by atomic mass is 10.1. The normalized spacial score (nSPS) is 11.0. The van der Waals surface area contributed by atoms with E-state index in [1.165, 1.54) is 11.8 Å². The quantitative estimate of drug-likeness (QED) is 0.199. The Hall–Kier alpha value is -3.52. The molecule has 0 bridgehead atoms. The topological polar surface area (TPSA) is 77.1 Å². The van der Waals surface area contributed by atoms with E-state index < -0.39 is 5.63 Å². The van der Waals surface area contributed by atoms with Gasteiger partial charge in [0.2, 0.25) is 5.91 Å². The first-order chi connectivity index (χ1) is 17.0. The van der Waals surface area contributed by atoms with Crippen LogP contribution >= 0.6 is 35.0 Å². The minimum absolute atomic E-state index is 0.100. The van der Waals surface area contributed by atoms with Gasteiger partial charge < -0.3 is 9.73 Å². The number of aromatic nitrogens is 2. The number of nitrogens with one attached hydrogen (secondary N) is 1. The van der Waals surface area contributed by atoms with Gasteiger partial charge in [-0.2, -0.15) is 0 Å². The van der Waals surface area contributed by atoms with Crippen molar-refractivity contribution in [3.8, 4) is 16.9 Å². The number of nitrogens with zero attached hydrogens (tertiary/aromatic N) is 2. The second-order valence-electron chi connectivity index (χ2n) is 7.59. The van der Waals surface area contributed by atoms with Gasteiger partial charge in [-0.25, -0.2) is 9.78 Å². The SMILES string of the molecule is O=C(CSc1nc(-c2cc3ccccc3oc2=O)cn1-c1ccc(Cl)cc1)Nc1cccc(Cl)c1. The van der Waals surface area contributed by atoms with Crippen molar-refractivity contribution in [2.45, 2.75) is 5.16 Å². The van der Waals surface area contributed by atoms with Crippen LogP contribution in [0.25, 0.3) is 27.9 Å². The molecule has 0 saturated heterocycles. The summed E-state index contributed by atoms with van der Waals surface area (Å²) in [5.74, 6) is -0.113. The molecule has 35 heavy (non-hydrogen) atoms. The highest BCUT2D eigenvalue weighted by Gasteiger charge is 2.17. The number of halogens is 2. The van der Waals surface area contributed by atoms with E-state index >= 15 is 0 Å². The number of para-hydroxylation sites is 1. The van der Waals surface area contributed by atoms with Gasteiger partial charge in [0.05, 0.1) is 17.0 Å². The molecule has 5 aromatic rings. The third-order valence-electron chi connectivity index (χ3n) is 5.14. The molecule has 6 nitrogen and oxygen atoms in total. The highest BCUT2D eigenvalue weighted by atomic mass is 35.5. The zero-order valence-corrected chi connectivity index (χ0v) is 20.4. The van der Waals surface area contributed by atoms with Crippen molar-refractivity contribution in [1.29, 1.82) is 0 Å². The lowest BCUT2D eigenvalue weighted by Crippen LogP contribution is -2.14. The fourth-order valence-corrected chi connectivity index (χ4v) is 4.62. The van der Waals surface area contributed by atoms with E-state index in [4.69, 9.17) is 27.6 Å². The molecule has 9 heteroatoms. The standard InChI is InChI=1S/C26H17Cl2N3O3S/c27-17-8-10-20(11-9-17)31-14-22(21-12-16-4-1-2-7-23(16)34-25(21)33)30-26(31)35-15-24(32)29-19-6-3-5-18(28)13-19/h1-14H,15H2,(H,29,32). The number of benzene rings is 3. The van der Waals surface area contributed by atoms with Crippen LogP contribution in [0.3, 0.4) is 0 Å². The molecule has 1 amide bonds. The Labute approximate surface area is 214 Å². The molecular weight excluding hydrogens is 505 g/mol. The Morgan fingerprint density at radius 2 is 1.77 bits per heavy atom. The molecule has 174 valence electrons. The first-order valence-electron chi connectivity index (χ1n) is 10.5. The van der Waals surface area contributed by atoms with Gasteiger partial charge in [0, 0.05) is 33.0 Å². The molecule has 0 radical (unpaired) electrons. The molecule has 0 atom stereocenters. The smallest absolute Gasteiger partial charge is 0.345 e. The molecule has 0 fully saturated rings. The number of carbonyl (C=O) groups is 1. The Balaban J connectivity index is 1.48. The molecule has 2 heterocycles. The van der Waals surface area contributed by atoms with Crippen LogP contribution < -0.4 is 10.9 Å². The molecule has 0 unspecified atom stereocenters. The van der Waals surface area contributed by atoms with Crippen molar-refractivity contribution >= 4 is 57.5 Å². The molecule has 0 aliphatic carbocycles. The minimum Gasteiger partial charge on any atom is -0.422 e. The van der Waals surface area contributed by atoms with Crippen molar-refractivity contribution in [2.24, 2.45) is 0 Å². The highest BCUT2D eigenvalue weighted by molar-refractivity contribution is 7.99. The van der Waals surface area contributed by atoms with Crippen molar-refractivity contribution in [2.75, 3.05) is 11.1 Å². The fourth-order valence-electron chi connectivity index (χ4n) is 3.52. The predicted octanol–water partition coefficient (Wildman–Crippen LogP) is 6.68. The summed E-state index contributed by atoms with van der Waals surface area (Å²) < 4.78 is 7.31. The van der Waals surface area contributed by atoms with Gasteiger partial charge in [-0.05, 0) is 54.6 Å². The van der Waals surface area contributed by atoms with Crippen LogP contribution in [0.2, 0.25) is 10.0 Å². The van der Waals surface area contributed by atoms with Gasteiger partial charge in [0.25, 0.3) is 0 Å². The summed E-state index contributed by atoms with van der Waals surface area (Å²) in [5.41, 5.74) is 2.19. The molecule has 0 aliphatic rings. The van der Waals surface area contributed by atoms with Gasteiger partial charge in [0.15, 0.2) is 5.16 Å². The molecular formula is C26H17Cl2N3O3S. The van der Waals surface area contributed by atoms with Gasteiger partial charge >= 0.3 is 5.63 Å². The van der Waals surface area contributed by atoms with E-state index in [2.05, 4.69) is 10.3 Å². The Bertz CT molecular complexity index is 1600. The van der Waals surface area contributed by atoms with Crippen LogP contribution in [-0.4, -0.2) is 21.2 Å². The summed E-state index contributed by atoms with van der Waals surface area (Å²) >= 11 is 13.3. The summed E-state index contributed by atoms with van der Waals surface area (Å²) in [6.07, 6.45) is 1.75. The molecule has 0 aliphatic heterocycles. The largest absolute Gasteiger partial charge is 0.422 e. The van der Waals surface area contributed by atoms with Gasteiger partial charge in [-0.1, -0.05) is 59.2 Å². The van der Waals surface area contributed by atoms with E-state index in [0.29, 0.717) is 37.7 Å². The zero-order valence-electron chi connectivity index (χ0n) is 18.1. The van der Waals surface area contributed by atoms with E-state index in [1.807, 2.05) is 34.9 Å². The average Bonchev–Trinajstić information content (AvgIpc) is 3.27. The number of hydrogen-bond donors (Lipinski definition) is 1. The summed E-state index contributed by atoms with van der Waals surface area (Å²) in [7, 11) is 0. The van der Waals surface area contributed by atoms with Crippen LogP contribution in [0.5, 0.6) is 0 Å². The van der Waals surface area contributed by atoms with E-state index in [0.717, 1.165) is 11.1 Å². The number of thioether (sulfide) groups is 1. The van der Waals surface area contributed by atoms with Crippen LogP contribution in [0.4, 0.5) is 5.69 Å². The monoisotopic (exact) mass is 521 g/mol. The first kappa shape index (κ1) is 23.2. The van der Waals surface area contributed by atoms with Crippen molar-refractivity contribution in [3.05, 3.63) is 106 Å². The molecule has 5 rings (SSSR count). The third kappa shape index (κ3) is 5.27. The van der Waals surface area contributed by atoms with Crippen molar-refractivity contribution < 1.29 is 9.21 Å². The summed E-state index contributed by atoms with van der Waals surface area (Å²) in [5, 5.41) is 5.28. The summed E-state index contributed by atoms with van der Waals surface area (Å²) in [6, 6.07) is 23.2. The van der Waals surface area contributed by atoms with Crippen LogP contribution in [0, 0.1) is 0 Å². The molecule has 2 aromatic heterocycles. The number of anilines is 1. The fraction of sp³-hybridized carbons (Fsp3) is 0.0385. The predicted molar refractivity (Wildman–Crippen MR) is 141 cm³/mol. The Kier molecular flexibility index (Phi) is 6.63. The minimum atomic E-state index is -0.486. The Morgan fingerprint density at radius 1 is 0.971 bits per heavy atom. The van der Waals surface area contributed by atoms with Gasteiger partial charge in [-0.15, -0.1) is 0 Å². The number of imidazole rings is 1. The second-order valence-corrected chi connectivity index (χ2v) is 9.40.